The third-order valence-corrected chi connectivity index (χ3v) is 3.83. The van der Waals surface area contributed by atoms with E-state index < -0.39 is 0 Å². The van der Waals surface area contributed by atoms with Crippen molar-refractivity contribution in [2.75, 3.05) is 5.73 Å². The lowest BCUT2D eigenvalue weighted by Gasteiger charge is -1.99. The number of thiazole rings is 1. The molecule has 0 bridgehead atoms. The molecule has 1 aromatic carbocycles. The molecule has 3 N–H and O–H groups in total. The highest BCUT2D eigenvalue weighted by Crippen LogP contribution is 2.35. The Morgan fingerprint density at radius 3 is 2.74 bits per heavy atom. The molecule has 0 saturated carbocycles. The minimum atomic E-state index is -0.275. The zero-order valence-corrected chi connectivity index (χ0v) is 11.0. The first-order valence-electron chi connectivity index (χ1n) is 5.68. The largest absolute Gasteiger partial charge is 0.383 e. The van der Waals surface area contributed by atoms with Gasteiger partial charge in [0, 0.05) is 10.4 Å². The van der Waals surface area contributed by atoms with Gasteiger partial charge in [-0.1, -0.05) is 12.1 Å². The Hall–Kier alpha value is -2.21. The first kappa shape index (κ1) is 11.9. The number of aromatic nitrogens is 3. The number of nitrogens with zero attached hydrogens (tertiary/aromatic N) is 2. The molecule has 6 heteroatoms. The van der Waals surface area contributed by atoms with Crippen LogP contribution in [0.25, 0.3) is 21.8 Å². The fourth-order valence-corrected chi connectivity index (χ4v) is 2.83. The smallest absolute Gasteiger partial charge is 0.132 e. The van der Waals surface area contributed by atoms with Crippen LogP contribution in [0, 0.1) is 12.7 Å². The normalized spacial score (nSPS) is 10.8. The van der Waals surface area contributed by atoms with Crippen molar-refractivity contribution in [1.29, 1.82) is 0 Å². The Morgan fingerprint density at radius 2 is 2.05 bits per heavy atom. The molecular formula is C13H11FN4S. The fourth-order valence-electron chi connectivity index (χ4n) is 1.88. The number of aryl methyl sites for hydroxylation is 1. The standard InChI is InChI=1S/C13H11FN4S/c1-7-11(8-4-2-3-5-10(8)14)17-13(19-7)9-6-16-18-12(9)15/h2-6H,1H3,(H3,15,16,18). The van der Waals surface area contributed by atoms with E-state index in [9.17, 15) is 4.39 Å². The highest BCUT2D eigenvalue weighted by Gasteiger charge is 2.16. The summed E-state index contributed by atoms with van der Waals surface area (Å²) in [6, 6.07) is 6.61. The second-order valence-corrected chi connectivity index (χ2v) is 5.30. The van der Waals surface area contributed by atoms with Gasteiger partial charge in [0.2, 0.25) is 0 Å². The van der Waals surface area contributed by atoms with Crippen LogP contribution in [-0.4, -0.2) is 15.2 Å². The average molecular weight is 274 g/mol. The van der Waals surface area contributed by atoms with Crippen molar-refractivity contribution in [3.63, 3.8) is 0 Å². The lowest BCUT2D eigenvalue weighted by molar-refractivity contribution is 0.631. The Bertz CT molecular complexity index is 732. The fraction of sp³-hybridized carbons (Fsp3) is 0.0769. The number of H-pyrrole nitrogens is 1. The molecule has 3 aromatic rings. The summed E-state index contributed by atoms with van der Waals surface area (Å²) in [6.45, 7) is 1.92. The van der Waals surface area contributed by atoms with Crippen LogP contribution in [0.2, 0.25) is 0 Å². The molecule has 0 aliphatic rings. The average Bonchev–Trinajstić information content (AvgIpc) is 2.96. The van der Waals surface area contributed by atoms with Gasteiger partial charge in [-0.05, 0) is 19.1 Å². The van der Waals surface area contributed by atoms with E-state index in [4.69, 9.17) is 5.73 Å². The molecule has 0 saturated heterocycles. The summed E-state index contributed by atoms with van der Waals surface area (Å²) in [6.07, 6.45) is 1.62. The van der Waals surface area contributed by atoms with Crippen molar-refractivity contribution in [2.24, 2.45) is 0 Å². The van der Waals surface area contributed by atoms with Gasteiger partial charge in [0.25, 0.3) is 0 Å². The second-order valence-electron chi connectivity index (χ2n) is 4.10. The van der Waals surface area contributed by atoms with Crippen LogP contribution in [0.3, 0.4) is 0 Å². The Kier molecular flexibility index (Phi) is 2.79. The minimum absolute atomic E-state index is 0.275. The van der Waals surface area contributed by atoms with Gasteiger partial charge >= 0.3 is 0 Å². The van der Waals surface area contributed by atoms with Gasteiger partial charge in [-0.3, -0.25) is 5.10 Å². The van der Waals surface area contributed by atoms with Crippen LogP contribution in [0.4, 0.5) is 10.2 Å². The van der Waals surface area contributed by atoms with Crippen molar-refractivity contribution >= 4 is 17.2 Å². The Balaban J connectivity index is 2.13. The second kappa shape index (κ2) is 4.47. The number of anilines is 1. The van der Waals surface area contributed by atoms with E-state index in [-0.39, 0.29) is 5.82 Å². The molecular weight excluding hydrogens is 263 g/mol. The van der Waals surface area contributed by atoms with Crippen molar-refractivity contribution in [1.82, 2.24) is 15.2 Å². The molecule has 0 aliphatic carbocycles. The van der Waals surface area contributed by atoms with Crippen LogP contribution in [-0.2, 0) is 0 Å². The number of benzene rings is 1. The van der Waals surface area contributed by atoms with Crippen molar-refractivity contribution in [2.45, 2.75) is 6.92 Å². The van der Waals surface area contributed by atoms with Gasteiger partial charge in [-0.15, -0.1) is 11.3 Å². The highest BCUT2D eigenvalue weighted by molar-refractivity contribution is 7.15. The maximum Gasteiger partial charge on any atom is 0.132 e. The van der Waals surface area contributed by atoms with Gasteiger partial charge in [0.15, 0.2) is 0 Å². The molecule has 0 fully saturated rings. The first-order valence-corrected chi connectivity index (χ1v) is 6.50. The third-order valence-electron chi connectivity index (χ3n) is 2.82. The number of nitrogens with one attached hydrogen (secondary N) is 1. The molecule has 0 atom stereocenters. The summed E-state index contributed by atoms with van der Waals surface area (Å²) in [5.41, 5.74) is 7.68. The lowest BCUT2D eigenvalue weighted by Crippen LogP contribution is -1.88. The molecule has 0 radical (unpaired) electrons. The minimum Gasteiger partial charge on any atom is -0.383 e. The number of hydrogen-bond donors (Lipinski definition) is 2. The molecule has 3 rings (SSSR count). The van der Waals surface area contributed by atoms with Gasteiger partial charge in [-0.25, -0.2) is 9.37 Å². The van der Waals surface area contributed by atoms with Gasteiger partial charge in [0.05, 0.1) is 17.5 Å². The summed E-state index contributed by atoms with van der Waals surface area (Å²) in [4.78, 5) is 5.43. The summed E-state index contributed by atoms with van der Waals surface area (Å²) < 4.78 is 13.8. The van der Waals surface area contributed by atoms with Gasteiger partial charge in [0.1, 0.15) is 16.6 Å². The number of hydrogen-bond acceptors (Lipinski definition) is 4. The van der Waals surface area contributed by atoms with Crippen LogP contribution in [0.5, 0.6) is 0 Å². The molecule has 0 unspecified atom stereocenters. The maximum atomic E-state index is 13.8. The highest BCUT2D eigenvalue weighted by atomic mass is 32.1. The van der Waals surface area contributed by atoms with Crippen molar-refractivity contribution < 1.29 is 4.39 Å². The third kappa shape index (κ3) is 2.00. The van der Waals surface area contributed by atoms with E-state index in [1.807, 2.05) is 6.92 Å². The molecule has 4 nitrogen and oxygen atoms in total. The van der Waals surface area contributed by atoms with E-state index in [1.165, 1.54) is 17.4 Å². The molecule has 0 amide bonds. The van der Waals surface area contributed by atoms with Gasteiger partial charge < -0.3 is 5.73 Å². The number of nitrogen functional groups attached to an aromatic ring is 1. The quantitative estimate of drug-likeness (QED) is 0.754. The molecule has 0 aliphatic heterocycles. The number of aromatic amines is 1. The van der Waals surface area contributed by atoms with Crippen LogP contribution in [0.15, 0.2) is 30.5 Å². The van der Waals surface area contributed by atoms with E-state index in [1.54, 1.807) is 24.4 Å². The van der Waals surface area contributed by atoms with Gasteiger partial charge in [-0.2, -0.15) is 5.10 Å². The number of nitrogens with two attached hydrogens (primary N) is 1. The maximum absolute atomic E-state index is 13.8. The predicted octanol–water partition coefficient (Wildman–Crippen LogP) is 3.23. The van der Waals surface area contributed by atoms with E-state index in [0.29, 0.717) is 17.1 Å². The van der Waals surface area contributed by atoms with E-state index in [0.717, 1.165) is 15.4 Å². The SMILES string of the molecule is Cc1sc(-c2cn[nH]c2N)nc1-c1ccccc1F. The monoisotopic (exact) mass is 274 g/mol. The van der Waals surface area contributed by atoms with Crippen LogP contribution < -0.4 is 5.73 Å². The first-order chi connectivity index (χ1) is 9.16. The van der Waals surface area contributed by atoms with E-state index >= 15 is 0 Å². The Labute approximate surface area is 113 Å². The molecule has 19 heavy (non-hydrogen) atoms. The van der Waals surface area contributed by atoms with Crippen LogP contribution >= 0.6 is 11.3 Å². The summed E-state index contributed by atoms with van der Waals surface area (Å²) in [7, 11) is 0. The number of halogens is 1. The zero-order chi connectivity index (χ0) is 13.4. The molecule has 2 aromatic heterocycles. The molecule has 96 valence electrons. The molecule has 0 spiro atoms. The van der Waals surface area contributed by atoms with Crippen LogP contribution in [0.1, 0.15) is 4.88 Å². The summed E-state index contributed by atoms with van der Waals surface area (Å²) >= 11 is 1.47. The molecule has 2 heterocycles. The summed E-state index contributed by atoms with van der Waals surface area (Å²) in [5.74, 6) is 0.191. The zero-order valence-electron chi connectivity index (χ0n) is 10.1. The van der Waals surface area contributed by atoms with Crippen molar-refractivity contribution in [3.05, 3.63) is 41.2 Å². The topological polar surface area (TPSA) is 67.6 Å². The van der Waals surface area contributed by atoms with E-state index in [2.05, 4.69) is 15.2 Å². The van der Waals surface area contributed by atoms with Crippen molar-refractivity contribution in [3.8, 4) is 21.8 Å². The Morgan fingerprint density at radius 1 is 1.26 bits per heavy atom. The summed E-state index contributed by atoms with van der Waals surface area (Å²) in [5, 5.41) is 7.28. The predicted molar refractivity (Wildman–Crippen MR) is 74.2 cm³/mol. The number of rotatable bonds is 2. The lowest BCUT2D eigenvalue weighted by atomic mass is 10.1.